The number of thiazole rings is 1. The number of halogens is 1. The van der Waals surface area contributed by atoms with Crippen LogP contribution in [0.15, 0.2) is 52.3 Å². The van der Waals surface area contributed by atoms with Gasteiger partial charge in [0.15, 0.2) is 5.13 Å². The highest BCUT2D eigenvalue weighted by atomic mass is 79.9. The lowest BCUT2D eigenvalue weighted by atomic mass is 10.1. The van der Waals surface area contributed by atoms with Gasteiger partial charge in [0.05, 0.1) is 5.69 Å². The predicted octanol–water partition coefficient (Wildman–Crippen LogP) is 5.04. The molecule has 1 heterocycles. The lowest BCUT2D eigenvalue weighted by Crippen LogP contribution is -1.97. The molecule has 0 aliphatic carbocycles. The number of anilines is 1. The maximum atomic E-state index is 5.99. The molecule has 0 saturated carbocycles. The van der Waals surface area contributed by atoms with Crippen molar-refractivity contribution in [1.29, 1.82) is 0 Å². The van der Waals surface area contributed by atoms with Crippen molar-refractivity contribution in [2.75, 3.05) is 5.73 Å². The van der Waals surface area contributed by atoms with E-state index in [2.05, 4.69) is 33.9 Å². The zero-order valence-corrected chi connectivity index (χ0v) is 14.4. The summed E-state index contributed by atoms with van der Waals surface area (Å²) in [6.45, 7) is 2.57. The summed E-state index contributed by atoms with van der Waals surface area (Å²) in [6, 6.07) is 14.2. The normalized spacial score (nSPS) is 10.6. The van der Waals surface area contributed by atoms with Crippen molar-refractivity contribution in [2.24, 2.45) is 0 Å². The quantitative estimate of drug-likeness (QED) is 0.695. The number of rotatable bonds is 4. The molecule has 0 atom stereocenters. The summed E-state index contributed by atoms with van der Waals surface area (Å²) in [7, 11) is 0. The highest BCUT2D eigenvalue weighted by Crippen LogP contribution is 2.33. The molecule has 0 aliphatic rings. The fourth-order valence-corrected chi connectivity index (χ4v) is 2.95. The number of hydrogen-bond acceptors (Lipinski definition) is 4. The summed E-state index contributed by atoms with van der Waals surface area (Å²) in [6.07, 6.45) is 0. The van der Waals surface area contributed by atoms with Crippen LogP contribution in [0.5, 0.6) is 5.75 Å². The van der Waals surface area contributed by atoms with Gasteiger partial charge in [-0.2, -0.15) is 0 Å². The Morgan fingerprint density at radius 3 is 2.64 bits per heavy atom. The van der Waals surface area contributed by atoms with Gasteiger partial charge >= 0.3 is 0 Å². The first-order chi connectivity index (χ1) is 10.6. The molecule has 112 valence electrons. The summed E-state index contributed by atoms with van der Waals surface area (Å²) in [5.41, 5.74) is 9.86. The van der Waals surface area contributed by atoms with Gasteiger partial charge in [0, 0.05) is 15.4 Å². The molecule has 2 N–H and O–H groups in total. The summed E-state index contributed by atoms with van der Waals surface area (Å²) >= 11 is 4.87. The number of benzene rings is 2. The fraction of sp³-hybridized carbons (Fsp3) is 0.118. The SMILES string of the molecule is Cc1ccc(OCc2ccc(Br)cc2)c(-c2csc(N)n2)c1. The number of aromatic nitrogens is 1. The molecule has 3 rings (SSSR count). The van der Waals surface area contributed by atoms with E-state index in [4.69, 9.17) is 10.5 Å². The summed E-state index contributed by atoms with van der Waals surface area (Å²) in [4.78, 5) is 4.36. The molecule has 5 heteroatoms. The van der Waals surface area contributed by atoms with Gasteiger partial charge in [-0.15, -0.1) is 11.3 Å². The number of aryl methyl sites for hydroxylation is 1. The zero-order valence-electron chi connectivity index (χ0n) is 12.0. The Morgan fingerprint density at radius 1 is 1.18 bits per heavy atom. The van der Waals surface area contributed by atoms with Crippen LogP contribution in [0, 0.1) is 6.92 Å². The maximum absolute atomic E-state index is 5.99. The van der Waals surface area contributed by atoms with Crippen LogP contribution in [0.4, 0.5) is 5.13 Å². The minimum absolute atomic E-state index is 0.517. The van der Waals surface area contributed by atoms with Crippen molar-refractivity contribution in [3.63, 3.8) is 0 Å². The molecule has 2 aromatic carbocycles. The first kappa shape index (κ1) is 15.1. The molecule has 3 nitrogen and oxygen atoms in total. The number of nitrogen functional groups attached to an aromatic ring is 1. The minimum Gasteiger partial charge on any atom is -0.488 e. The van der Waals surface area contributed by atoms with Crippen LogP contribution >= 0.6 is 27.3 Å². The van der Waals surface area contributed by atoms with E-state index in [9.17, 15) is 0 Å². The maximum Gasteiger partial charge on any atom is 0.180 e. The average Bonchev–Trinajstić information content (AvgIpc) is 2.94. The van der Waals surface area contributed by atoms with Gasteiger partial charge in [0.1, 0.15) is 12.4 Å². The molecule has 3 aromatic rings. The fourth-order valence-electron chi connectivity index (χ4n) is 2.12. The molecule has 0 unspecified atom stereocenters. The van der Waals surface area contributed by atoms with Crippen molar-refractivity contribution in [2.45, 2.75) is 13.5 Å². The Kier molecular flexibility index (Phi) is 4.45. The number of ether oxygens (including phenoxy) is 1. The van der Waals surface area contributed by atoms with E-state index in [1.54, 1.807) is 0 Å². The van der Waals surface area contributed by atoms with E-state index >= 15 is 0 Å². The van der Waals surface area contributed by atoms with Crippen LogP contribution < -0.4 is 10.5 Å². The molecular weight excluding hydrogens is 360 g/mol. The van der Waals surface area contributed by atoms with Crippen LogP contribution in [0.25, 0.3) is 11.3 Å². The third-order valence-electron chi connectivity index (χ3n) is 3.24. The molecule has 0 saturated heterocycles. The van der Waals surface area contributed by atoms with Gasteiger partial charge < -0.3 is 10.5 Å². The predicted molar refractivity (Wildman–Crippen MR) is 95.2 cm³/mol. The minimum atomic E-state index is 0.517. The van der Waals surface area contributed by atoms with E-state index < -0.39 is 0 Å². The summed E-state index contributed by atoms with van der Waals surface area (Å²) in [5, 5.41) is 2.52. The third kappa shape index (κ3) is 3.48. The van der Waals surface area contributed by atoms with Crippen LogP contribution in [0.3, 0.4) is 0 Å². The molecule has 0 fully saturated rings. The first-order valence-electron chi connectivity index (χ1n) is 6.81. The van der Waals surface area contributed by atoms with Crippen LogP contribution in [0.2, 0.25) is 0 Å². The molecular formula is C17H15BrN2OS. The standard InChI is InChI=1S/C17H15BrN2OS/c1-11-2-7-16(14(8-11)15-10-22-17(19)20-15)21-9-12-3-5-13(18)6-4-12/h2-8,10H,9H2,1H3,(H2,19,20). The van der Waals surface area contributed by atoms with Crippen molar-refractivity contribution in [3.8, 4) is 17.0 Å². The Bertz CT molecular complexity index is 784. The highest BCUT2D eigenvalue weighted by Gasteiger charge is 2.10. The lowest BCUT2D eigenvalue weighted by Gasteiger charge is -2.11. The van der Waals surface area contributed by atoms with Crippen molar-refractivity contribution < 1.29 is 4.74 Å². The van der Waals surface area contributed by atoms with Gasteiger partial charge in [0.25, 0.3) is 0 Å². The molecule has 0 spiro atoms. The summed E-state index contributed by atoms with van der Waals surface area (Å²) in [5.74, 6) is 0.818. The van der Waals surface area contributed by atoms with E-state index in [-0.39, 0.29) is 0 Å². The Balaban J connectivity index is 1.85. The van der Waals surface area contributed by atoms with Gasteiger partial charge in [-0.3, -0.25) is 0 Å². The molecule has 0 radical (unpaired) electrons. The van der Waals surface area contributed by atoms with Crippen molar-refractivity contribution >= 4 is 32.4 Å². The second-order valence-electron chi connectivity index (χ2n) is 4.99. The number of hydrogen-bond donors (Lipinski definition) is 1. The molecule has 1 aromatic heterocycles. The van der Waals surface area contributed by atoms with E-state index in [1.165, 1.54) is 11.3 Å². The van der Waals surface area contributed by atoms with Gasteiger partial charge in [-0.05, 0) is 36.8 Å². The van der Waals surface area contributed by atoms with E-state index in [0.717, 1.165) is 32.6 Å². The lowest BCUT2D eigenvalue weighted by molar-refractivity contribution is 0.307. The van der Waals surface area contributed by atoms with Crippen molar-refractivity contribution in [1.82, 2.24) is 4.98 Å². The van der Waals surface area contributed by atoms with Crippen molar-refractivity contribution in [3.05, 3.63) is 63.4 Å². The molecule has 0 aliphatic heterocycles. The van der Waals surface area contributed by atoms with Crippen LogP contribution in [-0.2, 0) is 6.61 Å². The zero-order chi connectivity index (χ0) is 15.5. The second-order valence-corrected chi connectivity index (χ2v) is 6.79. The third-order valence-corrected chi connectivity index (χ3v) is 4.44. The second kappa shape index (κ2) is 6.50. The topological polar surface area (TPSA) is 48.1 Å². The smallest absolute Gasteiger partial charge is 0.180 e. The average molecular weight is 375 g/mol. The monoisotopic (exact) mass is 374 g/mol. The Morgan fingerprint density at radius 2 is 1.95 bits per heavy atom. The molecule has 22 heavy (non-hydrogen) atoms. The van der Waals surface area contributed by atoms with Gasteiger partial charge in [-0.25, -0.2) is 4.98 Å². The first-order valence-corrected chi connectivity index (χ1v) is 8.48. The van der Waals surface area contributed by atoms with Crippen LogP contribution in [0.1, 0.15) is 11.1 Å². The number of nitrogens with two attached hydrogens (primary N) is 1. The molecule has 0 bridgehead atoms. The number of nitrogens with zero attached hydrogens (tertiary/aromatic N) is 1. The van der Waals surface area contributed by atoms with Gasteiger partial charge in [0.2, 0.25) is 0 Å². The summed E-state index contributed by atoms with van der Waals surface area (Å²) < 4.78 is 7.05. The largest absolute Gasteiger partial charge is 0.488 e. The van der Waals surface area contributed by atoms with E-state index in [1.807, 2.05) is 41.8 Å². The van der Waals surface area contributed by atoms with E-state index in [0.29, 0.717) is 11.7 Å². The van der Waals surface area contributed by atoms with Gasteiger partial charge in [-0.1, -0.05) is 39.7 Å². The van der Waals surface area contributed by atoms with Crippen LogP contribution in [-0.4, -0.2) is 4.98 Å². The Hall–Kier alpha value is -1.85. The molecule has 0 amide bonds. The Labute approximate surface area is 141 Å². The highest BCUT2D eigenvalue weighted by molar-refractivity contribution is 9.10.